The summed E-state index contributed by atoms with van der Waals surface area (Å²) in [6, 6.07) is 10.4. The lowest BCUT2D eigenvalue weighted by Gasteiger charge is -2.12. The Morgan fingerprint density at radius 2 is 1.76 bits per heavy atom. The highest BCUT2D eigenvalue weighted by Gasteiger charge is 2.30. The van der Waals surface area contributed by atoms with Crippen LogP contribution in [-0.4, -0.2) is 38.0 Å². The molecular formula is C23H21F3N2O5. The minimum atomic E-state index is -4.75. The van der Waals surface area contributed by atoms with Crippen molar-refractivity contribution >= 4 is 17.4 Å². The molecule has 0 saturated carbocycles. The van der Waals surface area contributed by atoms with E-state index in [0.717, 1.165) is 5.56 Å². The Kier molecular flexibility index (Phi) is 8.86. The standard InChI is InChI=1S/C23H21F3N2O5/c1-15-6-5-7-19(21(28-31-4)22(29)30-3)20(15)14-32-27-16(2)8-9-17-10-12-18(13-11-17)33-23(24,25)26/h5-7,10-13H,14H2,1-4H3/b27-16+,28-21+. The lowest BCUT2D eigenvalue weighted by molar-refractivity contribution is -0.274. The van der Waals surface area contributed by atoms with Gasteiger partial charge in [-0.05, 0) is 49.6 Å². The maximum Gasteiger partial charge on any atom is 0.573 e. The normalized spacial score (nSPS) is 11.8. The summed E-state index contributed by atoms with van der Waals surface area (Å²) < 4.78 is 45.2. The molecule has 0 spiro atoms. The highest BCUT2D eigenvalue weighted by molar-refractivity contribution is 6.43. The molecular weight excluding hydrogens is 441 g/mol. The van der Waals surface area contributed by atoms with E-state index in [0.29, 0.717) is 22.4 Å². The Balaban J connectivity index is 2.12. The Bertz CT molecular complexity index is 1100. The van der Waals surface area contributed by atoms with Crippen molar-refractivity contribution in [1.29, 1.82) is 0 Å². The number of alkyl halides is 3. The first-order chi connectivity index (χ1) is 15.6. The second-order valence-electron chi connectivity index (χ2n) is 6.49. The van der Waals surface area contributed by atoms with Gasteiger partial charge < -0.3 is 19.1 Å². The zero-order chi connectivity index (χ0) is 24.4. The molecule has 0 aliphatic heterocycles. The van der Waals surface area contributed by atoms with E-state index >= 15 is 0 Å². The van der Waals surface area contributed by atoms with Crippen molar-refractivity contribution in [3.8, 4) is 17.6 Å². The van der Waals surface area contributed by atoms with Gasteiger partial charge in [0.05, 0.1) is 7.11 Å². The average molecular weight is 462 g/mol. The lowest BCUT2D eigenvalue weighted by Crippen LogP contribution is -2.20. The topological polar surface area (TPSA) is 78.7 Å². The molecule has 174 valence electrons. The molecule has 0 N–H and O–H groups in total. The van der Waals surface area contributed by atoms with Crippen LogP contribution >= 0.6 is 0 Å². The predicted octanol–water partition coefficient (Wildman–Crippen LogP) is 4.36. The van der Waals surface area contributed by atoms with Crippen LogP contribution in [0.15, 0.2) is 52.8 Å². The first kappa shape index (κ1) is 25.3. The van der Waals surface area contributed by atoms with E-state index in [1.54, 1.807) is 19.1 Å². The van der Waals surface area contributed by atoms with E-state index in [-0.39, 0.29) is 18.1 Å². The fourth-order valence-electron chi connectivity index (χ4n) is 2.62. The summed E-state index contributed by atoms with van der Waals surface area (Å²) in [6.07, 6.45) is -4.75. The molecule has 0 heterocycles. The first-order valence-electron chi connectivity index (χ1n) is 9.47. The van der Waals surface area contributed by atoms with E-state index in [4.69, 9.17) is 14.4 Å². The highest BCUT2D eigenvalue weighted by Crippen LogP contribution is 2.22. The molecule has 2 aromatic rings. The van der Waals surface area contributed by atoms with Gasteiger partial charge in [-0.3, -0.25) is 0 Å². The van der Waals surface area contributed by atoms with E-state index < -0.39 is 12.3 Å². The number of hydrogen-bond donors (Lipinski definition) is 0. The number of oxime groups is 2. The van der Waals surface area contributed by atoms with Crippen molar-refractivity contribution in [1.82, 2.24) is 0 Å². The molecule has 0 atom stereocenters. The van der Waals surface area contributed by atoms with Crippen LogP contribution in [0.25, 0.3) is 0 Å². The van der Waals surface area contributed by atoms with Crippen molar-refractivity contribution in [2.24, 2.45) is 10.3 Å². The van der Waals surface area contributed by atoms with Crippen LogP contribution in [0.1, 0.15) is 29.2 Å². The molecule has 0 aliphatic carbocycles. The molecule has 2 aromatic carbocycles. The third kappa shape index (κ3) is 7.88. The molecule has 7 nitrogen and oxygen atoms in total. The summed E-state index contributed by atoms with van der Waals surface area (Å²) >= 11 is 0. The molecule has 0 aliphatic rings. The van der Waals surface area contributed by atoms with Crippen molar-refractivity contribution in [3.05, 3.63) is 64.7 Å². The Morgan fingerprint density at radius 1 is 1.06 bits per heavy atom. The van der Waals surface area contributed by atoms with Crippen molar-refractivity contribution in [3.63, 3.8) is 0 Å². The van der Waals surface area contributed by atoms with Gasteiger partial charge in [-0.25, -0.2) is 4.79 Å². The Labute approximate surface area is 188 Å². The minimum absolute atomic E-state index is 0.0132. The van der Waals surface area contributed by atoms with Crippen LogP contribution in [0.2, 0.25) is 0 Å². The average Bonchev–Trinajstić information content (AvgIpc) is 2.76. The van der Waals surface area contributed by atoms with Gasteiger partial charge in [-0.1, -0.05) is 34.4 Å². The number of carbonyl (C=O) groups excluding carboxylic acids is 1. The number of benzene rings is 2. The van der Waals surface area contributed by atoms with Gasteiger partial charge in [0.2, 0.25) is 0 Å². The number of aryl methyl sites for hydroxylation is 1. The van der Waals surface area contributed by atoms with Gasteiger partial charge in [0.1, 0.15) is 25.2 Å². The number of carbonyl (C=O) groups is 1. The minimum Gasteiger partial charge on any atom is -0.464 e. The second kappa shape index (κ2) is 11.6. The SMILES string of the molecule is CO/N=C(/C(=O)OC)c1cccc(C)c1CO/N=C(\C)C#Cc1ccc(OC(F)(F)F)cc1. The van der Waals surface area contributed by atoms with Gasteiger partial charge in [0, 0.05) is 16.7 Å². The number of ether oxygens (including phenoxy) is 2. The van der Waals surface area contributed by atoms with E-state index in [2.05, 4.69) is 26.9 Å². The largest absolute Gasteiger partial charge is 0.573 e. The predicted molar refractivity (Wildman–Crippen MR) is 115 cm³/mol. The molecule has 2 rings (SSSR count). The number of hydrogen-bond acceptors (Lipinski definition) is 7. The zero-order valence-corrected chi connectivity index (χ0v) is 18.3. The second-order valence-corrected chi connectivity index (χ2v) is 6.49. The molecule has 10 heteroatoms. The number of rotatable bonds is 7. The zero-order valence-electron chi connectivity index (χ0n) is 18.3. The highest BCUT2D eigenvalue weighted by atomic mass is 19.4. The number of esters is 1. The molecule has 0 saturated heterocycles. The van der Waals surface area contributed by atoms with Crippen LogP contribution in [0.3, 0.4) is 0 Å². The molecule has 0 radical (unpaired) electrons. The maximum atomic E-state index is 12.2. The van der Waals surface area contributed by atoms with Crippen LogP contribution in [0.5, 0.6) is 5.75 Å². The summed E-state index contributed by atoms with van der Waals surface area (Å²) in [5, 5.41) is 7.69. The van der Waals surface area contributed by atoms with Crippen molar-refractivity contribution in [2.45, 2.75) is 26.8 Å². The Morgan fingerprint density at radius 3 is 2.36 bits per heavy atom. The fourth-order valence-corrected chi connectivity index (χ4v) is 2.62. The Hall–Kier alpha value is -4.00. The van der Waals surface area contributed by atoms with Gasteiger partial charge in [0.25, 0.3) is 0 Å². The van der Waals surface area contributed by atoms with Crippen LogP contribution in [0, 0.1) is 18.8 Å². The summed E-state index contributed by atoms with van der Waals surface area (Å²) in [4.78, 5) is 22.2. The van der Waals surface area contributed by atoms with Gasteiger partial charge >= 0.3 is 12.3 Å². The summed E-state index contributed by atoms with van der Waals surface area (Å²) in [5.41, 5.74) is 2.76. The smallest absolute Gasteiger partial charge is 0.464 e. The first-order valence-corrected chi connectivity index (χ1v) is 9.47. The molecule has 0 fully saturated rings. The van der Waals surface area contributed by atoms with Crippen LogP contribution in [0.4, 0.5) is 13.2 Å². The van der Waals surface area contributed by atoms with Crippen LogP contribution < -0.4 is 4.74 Å². The number of halogens is 3. The third-order valence-corrected chi connectivity index (χ3v) is 4.11. The quantitative estimate of drug-likeness (QED) is 0.264. The van der Waals surface area contributed by atoms with Gasteiger partial charge in [-0.2, -0.15) is 0 Å². The maximum absolute atomic E-state index is 12.2. The third-order valence-electron chi connectivity index (χ3n) is 4.11. The molecule has 33 heavy (non-hydrogen) atoms. The van der Waals surface area contributed by atoms with Gasteiger partial charge in [-0.15, -0.1) is 13.2 Å². The summed E-state index contributed by atoms with van der Waals surface area (Å²) in [6.45, 7) is 3.47. The van der Waals surface area contributed by atoms with Crippen molar-refractivity contribution < 1.29 is 37.1 Å². The summed E-state index contributed by atoms with van der Waals surface area (Å²) in [5.74, 6) is 4.52. The van der Waals surface area contributed by atoms with Crippen molar-refractivity contribution in [2.75, 3.05) is 14.2 Å². The van der Waals surface area contributed by atoms with Gasteiger partial charge in [0.15, 0.2) is 5.71 Å². The number of methoxy groups -OCH3 is 1. The molecule has 0 amide bonds. The van der Waals surface area contributed by atoms with E-state index in [1.807, 2.05) is 13.0 Å². The van der Waals surface area contributed by atoms with Crippen LogP contribution in [-0.2, 0) is 25.8 Å². The van der Waals surface area contributed by atoms with E-state index in [1.165, 1.54) is 38.5 Å². The monoisotopic (exact) mass is 462 g/mol. The number of nitrogens with zero attached hydrogens (tertiary/aromatic N) is 2. The molecule has 0 unspecified atom stereocenters. The lowest BCUT2D eigenvalue weighted by atomic mass is 9.99. The molecule has 0 bridgehead atoms. The molecule has 0 aromatic heterocycles. The fraction of sp³-hybridized carbons (Fsp3) is 0.261. The summed E-state index contributed by atoms with van der Waals surface area (Å²) in [7, 11) is 2.56. The van der Waals surface area contributed by atoms with E-state index in [9.17, 15) is 18.0 Å².